The third-order valence-corrected chi connectivity index (χ3v) is 10.1. The topological polar surface area (TPSA) is 82.1 Å². The molecule has 0 aromatic heterocycles. The number of hydrogen-bond acceptors (Lipinski definition) is 8. The fourth-order valence-electron chi connectivity index (χ4n) is 7.36. The smallest absolute Gasteiger partial charge is 0.348 e. The Labute approximate surface area is 231 Å². The highest BCUT2D eigenvalue weighted by atomic mass is 32.2. The first-order valence-electron chi connectivity index (χ1n) is 13.5. The first-order valence-corrected chi connectivity index (χ1v) is 14.4. The van der Waals surface area contributed by atoms with Gasteiger partial charge in [-0.25, -0.2) is 14.4 Å². The van der Waals surface area contributed by atoms with Gasteiger partial charge in [-0.1, -0.05) is 36.0 Å². The summed E-state index contributed by atoms with van der Waals surface area (Å²) in [6, 6.07) is 15.3. The van der Waals surface area contributed by atoms with Crippen LogP contribution in [0.15, 0.2) is 76.2 Å². The molecule has 4 bridgehead atoms. The Morgan fingerprint density at radius 3 is 2.23 bits per heavy atom. The highest BCUT2D eigenvalue weighted by Gasteiger charge is 2.64. The maximum atomic E-state index is 13.2. The van der Waals surface area contributed by atoms with E-state index in [4.69, 9.17) is 14.2 Å². The highest BCUT2D eigenvalue weighted by Crippen LogP contribution is 2.61. The number of carbonyl (C=O) groups is 3. The molecule has 1 saturated heterocycles. The second kappa shape index (κ2) is 9.30. The lowest BCUT2D eigenvalue weighted by Gasteiger charge is -2.59. The number of nitrogens with zero attached hydrogens (tertiary/aromatic N) is 1. The number of anilines is 1. The average molecular weight is 544 g/mol. The van der Waals surface area contributed by atoms with E-state index in [0.717, 1.165) is 46.9 Å². The number of rotatable bonds is 4. The van der Waals surface area contributed by atoms with Gasteiger partial charge in [0.1, 0.15) is 5.57 Å². The molecular weight excluding hydrogens is 514 g/mol. The van der Waals surface area contributed by atoms with Gasteiger partial charge in [-0.05, 0) is 85.9 Å². The summed E-state index contributed by atoms with van der Waals surface area (Å²) in [4.78, 5) is 41.5. The van der Waals surface area contributed by atoms with Gasteiger partial charge in [0.25, 0.3) is 5.79 Å². The fourth-order valence-corrected chi connectivity index (χ4v) is 8.42. The van der Waals surface area contributed by atoms with Gasteiger partial charge in [0.15, 0.2) is 0 Å². The van der Waals surface area contributed by atoms with E-state index in [1.807, 2.05) is 36.4 Å². The van der Waals surface area contributed by atoms with Crippen molar-refractivity contribution in [3.63, 3.8) is 0 Å². The zero-order chi connectivity index (χ0) is 26.7. The summed E-state index contributed by atoms with van der Waals surface area (Å²) in [6.07, 6.45) is 8.48. The summed E-state index contributed by atoms with van der Waals surface area (Å²) in [6.45, 7) is 0.546. The molecule has 0 N–H and O–H groups in total. The molecule has 1 spiro atoms. The van der Waals surface area contributed by atoms with Gasteiger partial charge in [-0.2, -0.15) is 0 Å². The Morgan fingerprint density at radius 2 is 1.59 bits per heavy atom. The molecule has 0 unspecified atom stereocenters. The second-order valence-corrected chi connectivity index (χ2v) is 12.3. The second-order valence-electron chi connectivity index (χ2n) is 11.2. The van der Waals surface area contributed by atoms with E-state index >= 15 is 0 Å². The molecule has 0 radical (unpaired) electrons. The largest absolute Gasteiger partial charge is 0.465 e. The summed E-state index contributed by atoms with van der Waals surface area (Å²) >= 11 is 1.57. The van der Waals surface area contributed by atoms with E-state index in [1.165, 1.54) is 19.6 Å². The molecular formula is C31H29NO6S. The number of esters is 3. The number of benzene rings is 2. The molecule has 8 rings (SSSR count). The number of fused-ring (bicyclic) bond motifs is 1. The predicted molar refractivity (Wildman–Crippen MR) is 144 cm³/mol. The van der Waals surface area contributed by atoms with E-state index in [0.29, 0.717) is 23.9 Å². The zero-order valence-electron chi connectivity index (χ0n) is 21.6. The van der Waals surface area contributed by atoms with Crippen LogP contribution in [0.1, 0.15) is 48.0 Å². The Hall–Kier alpha value is -3.52. The van der Waals surface area contributed by atoms with Crippen LogP contribution in [0.4, 0.5) is 5.69 Å². The minimum atomic E-state index is -1.08. The van der Waals surface area contributed by atoms with Gasteiger partial charge in [-0.15, -0.1) is 0 Å². The average Bonchev–Trinajstić information content (AvgIpc) is 3.28. The van der Waals surface area contributed by atoms with Crippen molar-refractivity contribution >= 4 is 35.4 Å². The Balaban J connectivity index is 1.14. The summed E-state index contributed by atoms with van der Waals surface area (Å²) < 4.78 is 16.9. The van der Waals surface area contributed by atoms with Crippen LogP contribution in [0, 0.1) is 23.7 Å². The number of thioether (sulfide) groups is 1. The Bertz CT molecular complexity index is 1380. The van der Waals surface area contributed by atoms with Crippen molar-refractivity contribution in [2.75, 3.05) is 12.0 Å². The molecule has 4 aliphatic carbocycles. The van der Waals surface area contributed by atoms with Crippen molar-refractivity contribution in [3.05, 3.63) is 82.4 Å². The fraction of sp³-hybridized carbons (Fsp3) is 0.387. The summed E-state index contributed by atoms with van der Waals surface area (Å²) in [7, 11) is 1.36. The molecule has 2 aromatic rings. The number of carbonyl (C=O) groups excluding carboxylic acids is 3. The monoisotopic (exact) mass is 543 g/mol. The number of allylic oxidation sites excluding steroid dienone is 2. The number of ether oxygens (including phenoxy) is 3. The van der Waals surface area contributed by atoms with Gasteiger partial charge in [0.2, 0.25) is 0 Å². The van der Waals surface area contributed by atoms with E-state index in [2.05, 4.69) is 4.90 Å². The maximum absolute atomic E-state index is 13.2. The van der Waals surface area contributed by atoms with Crippen LogP contribution in [0.25, 0.3) is 0 Å². The first-order chi connectivity index (χ1) is 18.9. The highest BCUT2D eigenvalue weighted by molar-refractivity contribution is 8.03. The van der Waals surface area contributed by atoms with Crippen LogP contribution in [0.2, 0.25) is 0 Å². The summed E-state index contributed by atoms with van der Waals surface area (Å²) in [5.41, 5.74) is 2.45. The molecule has 8 heteroatoms. The molecule has 0 atom stereocenters. The van der Waals surface area contributed by atoms with Gasteiger partial charge >= 0.3 is 17.9 Å². The first kappa shape index (κ1) is 24.5. The molecule has 200 valence electrons. The van der Waals surface area contributed by atoms with Crippen molar-refractivity contribution in [1.29, 1.82) is 0 Å². The van der Waals surface area contributed by atoms with Crippen LogP contribution >= 0.6 is 11.8 Å². The molecule has 0 amide bonds. The Morgan fingerprint density at radius 1 is 0.949 bits per heavy atom. The zero-order valence-corrected chi connectivity index (χ0v) is 22.4. The van der Waals surface area contributed by atoms with E-state index in [-0.39, 0.29) is 23.4 Å². The van der Waals surface area contributed by atoms with Crippen molar-refractivity contribution in [2.24, 2.45) is 23.7 Å². The van der Waals surface area contributed by atoms with Gasteiger partial charge in [-0.3, -0.25) is 0 Å². The van der Waals surface area contributed by atoms with E-state index in [1.54, 1.807) is 30.0 Å². The van der Waals surface area contributed by atoms with Crippen molar-refractivity contribution in [2.45, 2.75) is 49.3 Å². The minimum absolute atomic E-state index is 0.0686. The van der Waals surface area contributed by atoms with Crippen LogP contribution < -0.4 is 4.90 Å². The molecule has 6 aliphatic rings. The normalized spacial score (nSPS) is 31.4. The summed E-state index contributed by atoms with van der Waals surface area (Å²) in [5.74, 6) is -1.06. The molecule has 39 heavy (non-hydrogen) atoms. The standard InChI is InChI=1S/C31H29NO6S/c1-36-28(33)21-8-6-18(7-9-21)17-32-25-4-2-3-5-26(25)39-27(32)11-10-24-29(34)37-31(38-30(24)35)22-13-19-12-20(15-22)16-23(31)14-19/h2-11,19-20,22-23H,12-17H2,1H3/b24-10?,27-11-. The van der Waals surface area contributed by atoms with Crippen molar-refractivity contribution in [1.82, 2.24) is 0 Å². The molecule has 2 aromatic carbocycles. The molecule has 2 heterocycles. The molecule has 5 fully saturated rings. The molecule has 2 aliphatic heterocycles. The minimum Gasteiger partial charge on any atom is -0.465 e. The lowest BCUT2D eigenvalue weighted by atomic mass is 9.53. The van der Waals surface area contributed by atoms with Crippen LogP contribution in [-0.4, -0.2) is 30.8 Å². The van der Waals surface area contributed by atoms with Gasteiger partial charge in [0, 0.05) is 23.3 Å². The number of para-hydroxylation sites is 1. The third-order valence-electron chi connectivity index (χ3n) is 8.97. The lowest BCUT2D eigenvalue weighted by molar-refractivity contribution is -0.313. The number of hydrogen-bond donors (Lipinski definition) is 0. The summed E-state index contributed by atoms with van der Waals surface area (Å²) in [5, 5.41) is 0.872. The van der Waals surface area contributed by atoms with Crippen LogP contribution in [0.3, 0.4) is 0 Å². The lowest BCUT2D eigenvalue weighted by Crippen LogP contribution is -2.63. The van der Waals surface area contributed by atoms with Crippen molar-refractivity contribution in [3.8, 4) is 0 Å². The quantitative estimate of drug-likeness (QED) is 0.280. The van der Waals surface area contributed by atoms with E-state index < -0.39 is 17.7 Å². The van der Waals surface area contributed by atoms with Crippen LogP contribution in [-0.2, 0) is 30.3 Å². The van der Waals surface area contributed by atoms with Gasteiger partial charge < -0.3 is 19.1 Å². The predicted octanol–water partition coefficient (Wildman–Crippen LogP) is 5.61. The third kappa shape index (κ3) is 4.07. The van der Waals surface area contributed by atoms with Gasteiger partial charge in [0.05, 0.1) is 23.4 Å². The Kier molecular flexibility index (Phi) is 5.84. The van der Waals surface area contributed by atoms with Crippen molar-refractivity contribution < 1.29 is 28.6 Å². The number of methoxy groups -OCH3 is 1. The van der Waals surface area contributed by atoms with E-state index in [9.17, 15) is 14.4 Å². The SMILES string of the molecule is COC(=O)c1ccc(CN2/C(=C/C=C3C(=O)OC4(OC3=O)C3CC5CC(C3)CC4C5)Sc3ccccc32)cc1. The molecule has 7 nitrogen and oxygen atoms in total. The molecule has 4 saturated carbocycles. The maximum Gasteiger partial charge on any atom is 0.348 e. The van der Waals surface area contributed by atoms with Crippen LogP contribution in [0.5, 0.6) is 0 Å².